The first-order chi connectivity index (χ1) is 10.1. The highest BCUT2D eigenvalue weighted by molar-refractivity contribution is 6.31. The Kier molecular flexibility index (Phi) is 4.07. The highest BCUT2D eigenvalue weighted by atomic mass is 35.5. The van der Waals surface area contributed by atoms with E-state index in [0.717, 1.165) is 23.3 Å². The molecule has 21 heavy (non-hydrogen) atoms. The lowest BCUT2D eigenvalue weighted by molar-refractivity contribution is 0.351. The minimum absolute atomic E-state index is 0.114. The van der Waals surface area contributed by atoms with Crippen LogP contribution in [0.25, 0.3) is 0 Å². The van der Waals surface area contributed by atoms with E-state index in [1.807, 2.05) is 12.1 Å². The number of rotatable bonds is 3. The van der Waals surface area contributed by atoms with E-state index in [9.17, 15) is 4.39 Å². The van der Waals surface area contributed by atoms with Crippen LogP contribution < -0.4 is 10.1 Å². The minimum atomic E-state index is -0.436. The summed E-state index contributed by atoms with van der Waals surface area (Å²) in [5.41, 5.74) is 2.62. The molecule has 0 aliphatic carbocycles. The molecule has 0 bridgehead atoms. The molecule has 1 heterocycles. The van der Waals surface area contributed by atoms with Crippen LogP contribution in [0.5, 0.6) is 5.75 Å². The molecule has 1 aliphatic heterocycles. The van der Waals surface area contributed by atoms with Gasteiger partial charge < -0.3 is 10.1 Å². The van der Waals surface area contributed by atoms with Gasteiger partial charge in [-0.15, -0.1) is 0 Å². The van der Waals surface area contributed by atoms with Crippen LogP contribution in [0.15, 0.2) is 30.3 Å². The molecule has 0 aromatic heterocycles. The van der Waals surface area contributed by atoms with Gasteiger partial charge in [-0.3, -0.25) is 0 Å². The predicted octanol–water partition coefficient (Wildman–Crippen LogP) is 4.38. The first kappa shape index (κ1) is 14.6. The van der Waals surface area contributed by atoms with Crippen molar-refractivity contribution >= 4 is 23.2 Å². The van der Waals surface area contributed by atoms with E-state index in [1.54, 1.807) is 19.2 Å². The molecule has 1 N–H and O–H groups in total. The zero-order valence-electron chi connectivity index (χ0n) is 11.4. The van der Waals surface area contributed by atoms with Crippen LogP contribution >= 0.6 is 23.2 Å². The Morgan fingerprint density at radius 3 is 2.81 bits per heavy atom. The number of hydrogen-bond acceptors (Lipinski definition) is 2. The fourth-order valence-electron chi connectivity index (χ4n) is 2.73. The number of hydrogen-bond donors (Lipinski definition) is 1. The fourth-order valence-corrected chi connectivity index (χ4v) is 3.22. The fraction of sp³-hybridized carbons (Fsp3) is 0.250. The van der Waals surface area contributed by atoms with Gasteiger partial charge in [0.15, 0.2) is 0 Å². The summed E-state index contributed by atoms with van der Waals surface area (Å²) < 4.78 is 19.5. The Balaban J connectivity index is 2.15. The Labute approximate surface area is 132 Å². The second-order valence-electron chi connectivity index (χ2n) is 4.95. The molecule has 0 fully saturated rings. The Morgan fingerprint density at radius 2 is 2.05 bits per heavy atom. The molecular weight excluding hydrogens is 312 g/mol. The van der Waals surface area contributed by atoms with Gasteiger partial charge in [0.1, 0.15) is 11.6 Å². The van der Waals surface area contributed by atoms with Gasteiger partial charge in [0.2, 0.25) is 0 Å². The zero-order chi connectivity index (χ0) is 15.0. The van der Waals surface area contributed by atoms with Crippen molar-refractivity contribution in [2.24, 2.45) is 0 Å². The first-order valence-corrected chi connectivity index (χ1v) is 7.43. The molecule has 1 atom stereocenters. The molecule has 110 valence electrons. The van der Waals surface area contributed by atoms with Gasteiger partial charge >= 0.3 is 0 Å². The van der Waals surface area contributed by atoms with E-state index in [0.29, 0.717) is 17.2 Å². The third kappa shape index (κ3) is 2.61. The van der Waals surface area contributed by atoms with Gasteiger partial charge in [-0.2, -0.15) is 0 Å². The van der Waals surface area contributed by atoms with E-state index >= 15 is 0 Å². The first-order valence-electron chi connectivity index (χ1n) is 6.68. The van der Waals surface area contributed by atoms with Crippen molar-refractivity contribution < 1.29 is 9.13 Å². The largest absolute Gasteiger partial charge is 0.493 e. The summed E-state index contributed by atoms with van der Waals surface area (Å²) in [5.74, 6) is 0.382. The van der Waals surface area contributed by atoms with Gasteiger partial charge in [0, 0.05) is 17.0 Å². The highest BCUT2D eigenvalue weighted by Crippen LogP contribution is 2.40. The molecule has 3 rings (SSSR count). The predicted molar refractivity (Wildman–Crippen MR) is 83.0 cm³/mol. The smallest absolute Gasteiger partial charge is 0.142 e. The van der Waals surface area contributed by atoms with Crippen molar-refractivity contribution in [3.63, 3.8) is 0 Å². The van der Waals surface area contributed by atoms with Crippen LogP contribution in [-0.4, -0.2) is 13.7 Å². The van der Waals surface area contributed by atoms with Crippen molar-refractivity contribution in [2.45, 2.75) is 12.5 Å². The molecule has 0 spiro atoms. The molecule has 0 saturated carbocycles. The lowest BCUT2D eigenvalue weighted by atomic mass is 9.95. The third-order valence-electron chi connectivity index (χ3n) is 3.67. The molecule has 1 unspecified atom stereocenters. The maximum Gasteiger partial charge on any atom is 0.142 e. The molecule has 5 heteroatoms. The van der Waals surface area contributed by atoms with Gasteiger partial charge in [0.25, 0.3) is 0 Å². The Hall–Kier alpha value is -1.29. The SMILES string of the molecule is CNC(c1cccc(F)c1Cl)c1cc(Cl)cc2c1OCC2. The molecule has 0 saturated heterocycles. The van der Waals surface area contributed by atoms with E-state index in [1.165, 1.54) is 6.07 Å². The number of ether oxygens (including phenoxy) is 1. The molecule has 2 aromatic carbocycles. The van der Waals surface area contributed by atoms with Gasteiger partial charge in [-0.05, 0) is 36.4 Å². The van der Waals surface area contributed by atoms with E-state index in [4.69, 9.17) is 27.9 Å². The van der Waals surface area contributed by atoms with Crippen molar-refractivity contribution in [2.75, 3.05) is 13.7 Å². The average Bonchev–Trinajstić information content (AvgIpc) is 2.92. The van der Waals surface area contributed by atoms with Crippen molar-refractivity contribution in [1.29, 1.82) is 0 Å². The van der Waals surface area contributed by atoms with Crippen LogP contribution in [0.2, 0.25) is 10.0 Å². The Bertz CT molecular complexity index is 690. The van der Waals surface area contributed by atoms with E-state index in [-0.39, 0.29) is 11.1 Å². The molecule has 1 aliphatic rings. The summed E-state index contributed by atoms with van der Waals surface area (Å²) in [6, 6.07) is 8.26. The van der Waals surface area contributed by atoms with Gasteiger partial charge in [-0.25, -0.2) is 4.39 Å². The summed E-state index contributed by atoms with van der Waals surface area (Å²) in [4.78, 5) is 0. The second kappa shape index (κ2) is 5.84. The third-order valence-corrected chi connectivity index (χ3v) is 4.29. The zero-order valence-corrected chi connectivity index (χ0v) is 12.9. The average molecular weight is 326 g/mol. The summed E-state index contributed by atoms with van der Waals surface area (Å²) in [7, 11) is 1.80. The summed E-state index contributed by atoms with van der Waals surface area (Å²) >= 11 is 12.3. The molecular formula is C16H14Cl2FNO. The van der Waals surface area contributed by atoms with Crippen molar-refractivity contribution in [1.82, 2.24) is 5.32 Å². The van der Waals surface area contributed by atoms with Crippen LogP contribution in [-0.2, 0) is 6.42 Å². The van der Waals surface area contributed by atoms with Crippen LogP contribution in [0, 0.1) is 5.82 Å². The topological polar surface area (TPSA) is 21.3 Å². The number of benzene rings is 2. The maximum atomic E-state index is 13.7. The maximum absolute atomic E-state index is 13.7. The number of halogens is 3. The molecule has 2 aromatic rings. The van der Waals surface area contributed by atoms with Gasteiger partial charge in [-0.1, -0.05) is 35.3 Å². The van der Waals surface area contributed by atoms with Crippen LogP contribution in [0.4, 0.5) is 4.39 Å². The van der Waals surface area contributed by atoms with Crippen LogP contribution in [0.1, 0.15) is 22.7 Å². The summed E-state index contributed by atoms with van der Waals surface area (Å²) in [5, 5.41) is 3.93. The lowest BCUT2D eigenvalue weighted by Gasteiger charge is -2.21. The lowest BCUT2D eigenvalue weighted by Crippen LogP contribution is -2.19. The second-order valence-corrected chi connectivity index (χ2v) is 5.76. The monoisotopic (exact) mass is 325 g/mol. The highest BCUT2D eigenvalue weighted by Gasteiger charge is 2.25. The van der Waals surface area contributed by atoms with Crippen molar-refractivity contribution in [3.05, 3.63) is 62.9 Å². The number of nitrogens with one attached hydrogen (secondary N) is 1. The van der Waals surface area contributed by atoms with E-state index < -0.39 is 5.82 Å². The minimum Gasteiger partial charge on any atom is -0.493 e. The standard InChI is InChI=1S/C16H14Cl2FNO/c1-20-15(11-3-2-4-13(19)14(11)18)12-8-10(17)7-9-5-6-21-16(9)12/h2-4,7-8,15,20H,5-6H2,1H3. The van der Waals surface area contributed by atoms with E-state index in [2.05, 4.69) is 5.32 Å². The summed E-state index contributed by atoms with van der Waals surface area (Å²) in [6.07, 6.45) is 0.830. The number of fused-ring (bicyclic) bond motifs is 1. The van der Waals surface area contributed by atoms with Crippen molar-refractivity contribution in [3.8, 4) is 5.75 Å². The Morgan fingerprint density at radius 1 is 1.24 bits per heavy atom. The molecule has 2 nitrogen and oxygen atoms in total. The van der Waals surface area contributed by atoms with Gasteiger partial charge in [0.05, 0.1) is 17.7 Å². The normalized spacial score (nSPS) is 14.7. The van der Waals surface area contributed by atoms with Crippen LogP contribution in [0.3, 0.4) is 0 Å². The molecule has 0 amide bonds. The molecule has 0 radical (unpaired) electrons. The quantitative estimate of drug-likeness (QED) is 0.904. The summed E-state index contributed by atoms with van der Waals surface area (Å²) in [6.45, 7) is 0.635.